The topological polar surface area (TPSA) is 105 Å². The summed E-state index contributed by atoms with van der Waals surface area (Å²) in [4.78, 5) is 35.9. The Balaban J connectivity index is 2.89. The molecule has 1 aromatic carbocycles. The van der Waals surface area contributed by atoms with Gasteiger partial charge in [-0.15, -0.1) is 0 Å². The molecule has 0 spiro atoms. The lowest BCUT2D eigenvalue weighted by Crippen LogP contribution is -2.54. The van der Waals surface area contributed by atoms with Crippen LogP contribution < -0.4 is 10.6 Å². The van der Waals surface area contributed by atoms with E-state index in [1.54, 1.807) is 0 Å². The average Bonchev–Trinajstić information content (AvgIpc) is 2.60. The molecule has 7 nitrogen and oxygen atoms in total. The van der Waals surface area contributed by atoms with Gasteiger partial charge in [-0.3, -0.25) is 9.59 Å². The van der Waals surface area contributed by atoms with Crippen LogP contribution in [0, 0.1) is 5.92 Å². The van der Waals surface area contributed by atoms with Gasteiger partial charge in [0.25, 0.3) is 5.91 Å². The summed E-state index contributed by atoms with van der Waals surface area (Å²) < 4.78 is 5.61. The fraction of sp³-hybridized carbons (Fsp3) is 0.526. The number of carbonyl (C=O) groups excluding carboxylic acids is 3. The number of hydrogen-bond acceptors (Lipinski definition) is 5. The second-order valence-electron chi connectivity index (χ2n) is 6.80. The fourth-order valence-electron chi connectivity index (χ4n) is 2.64. The van der Waals surface area contributed by atoms with Crippen LogP contribution in [0.25, 0.3) is 0 Å². The van der Waals surface area contributed by atoms with Crippen LogP contribution in [0.4, 0.5) is 0 Å². The van der Waals surface area contributed by atoms with E-state index in [2.05, 4.69) is 26.6 Å². The molecule has 150 valence electrons. The van der Waals surface area contributed by atoms with Crippen LogP contribution >= 0.6 is 15.9 Å². The van der Waals surface area contributed by atoms with E-state index >= 15 is 0 Å². The van der Waals surface area contributed by atoms with Crippen molar-refractivity contribution in [1.29, 1.82) is 0 Å². The highest BCUT2D eigenvalue weighted by molar-refractivity contribution is 9.10. The van der Waals surface area contributed by atoms with Gasteiger partial charge in [-0.25, -0.2) is 4.79 Å². The number of nitrogens with one attached hydrogen (secondary N) is 2. The van der Waals surface area contributed by atoms with Crippen LogP contribution in [0.3, 0.4) is 0 Å². The quantitative estimate of drug-likeness (QED) is 0.503. The van der Waals surface area contributed by atoms with Gasteiger partial charge in [0.05, 0.1) is 13.2 Å². The molecule has 0 bridgehead atoms. The third-order valence-corrected chi connectivity index (χ3v) is 4.45. The summed E-state index contributed by atoms with van der Waals surface area (Å²) in [6.45, 7) is 5.13. The Morgan fingerprint density at radius 2 is 1.74 bits per heavy atom. The van der Waals surface area contributed by atoms with E-state index < -0.39 is 30.1 Å². The van der Waals surface area contributed by atoms with Gasteiger partial charge in [-0.1, -0.05) is 41.9 Å². The van der Waals surface area contributed by atoms with E-state index in [1.165, 1.54) is 14.0 Å². The molecule has 1 rings (SSSR count). The Hall–Kier alpha value is -1.93. The smallest absolute Gasteiger partial charge is 0.328 e. The Bertz CT molecular complexity index is 648. The number of aliphatic hydroxyl groups is 1. The first-order chi connectivity index (χ1) is 12.6. The van der Waals surface area contributed by atoms with Crippen molar-refractivity contribution in [2.45, 2.75) is 51.8 Å². The monoisotopic (exact) mass is 442 g/mol. The lowest BCUT2D eigenvalue weighted by atomic mass is 9.99. The molecule has 3 atom stereocenters. The first-order valence-corrected chi connectivity index (χ1v) is 9.51. The second kappa shape index (κ2) is 11.0. The minimum Gasteiger partial charge on any atom is -0.467 e. The predicted octanol–water partition coefficient (Wildman–Crippen LogP) is 1.56. The maximum atomic E-state index is 12.5. The van der Waals surface area contributed by atoms with Crippen molar-refractivity contribution in [3.05, 3.63) is 34.3 Å². The Morgan fingerprint density at radius 1 is 1.15 bits per heavy atom. The summed E-state index contributed by atoms with van der Waals surface area (Å²) in [7, 11) is 1.24. The molecule has 3 N–H and O–H groups in total. The summed E-state index contributed by atoms with van der Waals surface area (Å²) >= 11 is 3.34. The minimum atomic E-state index is -1.52. The van der Waals surface area contributed by atoms with Gasteiger partial charge >= 0.3 is 5.97 Å². The summed E-state index contributed by atoms with van der Waals surface area (Å²) in [5.41, 5.74) is 0.843. The van der Waals surface area contributed by atoms with Crippen LogP contribution in [-0.4, -0.2) is 48.2 Å². The number of ether oxygens (including phenoxy) is 1. The zero-order valence-corrected chi connectivity index (χ0v) is 17.6. The molecule has 0 aliphatic rings. The van der Waals surface area contributed by atoms with E-state index in [4.69, 9.17) is 4.74 Å². The molecule has 0 aliphatic heterocycles. The minimum absolute atomic E-state index is 0.139. The fourth-order valence-corrected chi connectivity index (χ4v) is 2.91. The number of amides is 2. The maximum absolute atomic E-state index is 12.5. The second-order valence-corrected chi connectivity index (χ2v) is 7.71. The van der Waals surface area contributed by atoms with E-state index in [-0.39, 0.29) is 18.2 Å². The van der Waals surface area contributed by atoms with E-state index in [9.17, 15) is 19.5 Å². The van der Waals surface area contributed by atoms with Gasteiger partial charge in [0.15, 0.2) is 6.10 Å². The molecule has 1 aromatic rings. The molecule has 0 fully saturated rings. The lowest BCUT2D eigenvalue weighted by molar-refractivity contribution is -0.147. The molecule has 8 heteroatoms. The van der Waals surface area contributed by atoms with Crippen molar-refractivity contribution in [1.82, 2.24) is 10.6 Å². The zero-order chi connectivity index (χ0) is 20.6. The Kier molecular flexibility index (Phi) is 9.45. The number of benzene rings is 1. The molecule has 0 saturated carbocycles. The van der Waals surface area contributed by atoms with Crippen LogP contribution in [0.15, 0.2) is 28.7 Å². The zero-order valence-electron chi connectivity index (χ0n) is 16.0. The van der Waals surface area contributed by atoms with E-state index in [0.717, 1.165) is 10.0 Å². The molecule has 0 aliphatic carbocycles. The van der Waals surface area contributed by atoms with Gasteiger partial charge < -0.3 is 20.5 Å². The van der Waals surface area contributed by atoms with Crippen LogP contribution in [-0.2, 0) is 25.5 Å². The number of halogens is 1. The van der Waals surface area contributed by atoms with E-state index in [0.29, 0.717) is 6.42 Å². The van der Waals surface area contributed by atoms with Crippen LogP contribution in [0.2, 0.25) is 0 Å². The Morgan fingerprint density at radius 3 is 2.22 bits per heavy atom. The Labute approximate surface area is 168 Å². The van der Waals surface area contributed by atoms with E-state index in [1.807, 2.05) is 38.1 Å². The standard InChI is InChI=1S/C19H27BrN2O5/c1-11(2)9-16(19(26)27-4)22-18(25)17(24)15(21-12(3)23)10-13-5-7-14(20)8-6-13/h5-8,11,15-17,24H,9-10H2,1-4H3,(H,21,23)(H,22,25)/t15-,16?,17+/m1/s1. The molecular formula is C19H27BrN2O5. The summed E-state index contributed by atoms with van der Waals surface area (Å²) in [5.74, 6) is -1.54. The normalized spacial score (nSPS) is 14.2. The highest BCUT2D eigenvalue weighted by Gasteiger charge is 2.31. The number of hydrogen-bond donors (Lipinski definition) is 3. The van der Waals surface area contributed by atoms with Gasteiger partial charge in [0.2, 0.25) is 5.91 Å². The summed E-state index contributed by atoms with van der Waals surface area (Å²) in [5, 5.41) is 15.6. The van der Waals surface area contributed by atoms with Crippen molar-refractivity contribution in [2.75, 3.05) is 7.11 Å². The molecule has 0 aromatic heterocycles. The van der Waals surface area contributed by atoms with Crippen molar-refractivity contribution >= 4 is 33.7 Å². The van der Waals surface area contributed by atoms with Gasteiger partial charge in [-0.05, 0) is 36.5 Å². The highest BCUT2D eigenvalue weighted by Crippen LogP contribution is 2.14. The third kappa shape index (κ3) is 8.09. The summed E-state index contributed by atoms with van der Waals surface area (Å²) in [6, 6.07) is 5.65. The first kappa shape index (κ1) is 23.1. The SMILES string of the molecule is COC(=O)C(CC(C)C)NC(=O)[C@@H](O)[C@@H](Cc1ccc(Br)cc1)NC(C)=O. The largest absolute Gasteiger partial charge is 0.467 e. The van der Waals surface area contributed by atoms with Crippen LogP contribution in [0.5, 0.6) is 0 Å². The molecule has 0 saturated heterocycles. The van der Waals surface area contributed by atoms with Gasteiger partial charge in [-0.2, -0.15) is 0 Å². The highest BCUT2D eigenvalue weighted by atomic mass is 79.9. The van der Waals surface area contributed by atoms with Gasteiger partial charge in [0.1, 0.15) is 6.04 Å². The number of esters is 1. The molecular weight excluding hydrogens is 416 g/mol. The number of methoxy groups -OCH3 is 1. The van der Waals surface area contributed by atoms with Crippen LogP contribution in [0.1, 0.15) is 32.8 Å². The van der Waals surface area contributed by atoms with Crippen molar-refractivity contribution < 1.29 is 24.2 Å². The number of aliphatic hydroxyl groups excluding tert-OH is 1. The van der Waals surface area contributed by atoms with Gasteiger partial charge in [0, 0.05) is 11.4 Å². The maximum Gasteiger partial charge on any atom is 0.328 e. The molecule has 0 radical (unpaired) electrons. The first-order valence-electron chi connectivity index (χ1n) is 8.71. The molecule has 2 amide bonds. The number of carbonyl (C=O) groups is 3. The summed E-state index contributed by atoms with van der Waals surface area (Å²) in [6.07, 6.45) is -0.881. The lowest BCUT2D eigenvalue weighted by Gasteiger charge is -2.25. The van der Waals surface area contributed by atoms with Crippen molar-refractivity contribution in [3.8, 4) is 0 Å². The molecule has 1 unspecified atom stereocenters. The van der Waals surface area contributed by atoms with Crippen molar-refractivity contribution in [2.24, 2.45) is 5.92 Å². The predicted molar refractivity (Wildman–Crippen MR) is 105 cm³/mol. The average molecular weight is 443 g/mol. The third-order valence-electron chi connectivity index (χ3n) is 3.92. The number of rotatable bonds is 9. The van der Waals surface area contributed by atoms with Crippen molar-refractivity contribution in [3.63, 3.8) is 0 Å². The molecule has 0 heterocycles. The molecule has 27 heavy (non-hydrogen) atoms.